The number of aromatic nitrogens is 2. The maximum Gasteiger partial charge on any atom is 0.245 e. The first-order chi connectivity index (χ1) is 9.11. The number of carbonyl (C=O) groups excluding carboxylic acids is 1. The van der Waals surface area contributed by atoms with E-state index in [9.17, 15) is 4.79 Å². The maximum absolute atomic E-state index is 12.0. The van der Waals surface area contributed by atoms with Crippen molar-refractivity contribution >= 4 is 33.6 Å². The number of likely N-dealkylation sites (N-methyl/N-ethyl adjacent to an activating group) is 1. The zero-order valence-corrected chi connectivity index (χ0v) is 12.2. The van der Waals surface area contributed by atoms with Gasteiger partial charge in [0, 0.05) is 19.2 Å². The van der Waals surface area contributed by atoms with Gasteiger partial charge in [-0.15, -0.1) is 0 Å². The van der Waals surface area contributed by atoms with Crippen LogP contribution in [0.15, 0.2) is 10.7 Å². The van der Waals surface area contributed by atoms with Crippen molar-refractivity contribution in [3.05, 3.63) is 10.7 Å². The average molecular weight is 330 g/mol. The van der Waals surface area contributed by atoms with Crippen LogP contribution in [-0.2, 0) is 9.53 Å². The Bertz CT molecular complexity index is 450. The van der Waals surface area contributed by atoms with Crippen LogP contribution in [0.1, 0.15) is 6.92 Å². The van der Waals surface area contributed by atoms with Gasteiger partial charge < -0.3 is 20.7 Å². The molecule has 19 heavy (non-hydrogen) atoms. The fraction of sp³-hybridized carbons (Fsp3) is 0.545. The third kappa shape index (κ3) is 3.32. The van der Waals surface area contributed by atoms with Gasteiger partial charge >= 0.3 is 0 Å². The smallest absolute Gasteiger partial charge is 0.245 e. The van der Waals surface area contributed by atoms with Crippen LogP contribution in [0.4, 0.5) is 11.8 Å². The van der Waals surface area contributed by atoms with Crippen molar-refractivity contribution in [1.82, 2.24) is 15.3 Å². The van der Waals surface area contributed by atoms with Crippen LogP contribution in [0.3, 0.4) is 0 Å². The summed E-state index contributed by atoms with van der Waals surface area (Å²) in [7, 11) is 0. The SMILES string of the molecule is CCNC(=O)C1COCCN1c1nc(N)cc(Br)n1. The van der Waals surface area contributed by atoms with Crippen LogP contribution in [0.5, 0.6) is 0 Å². The van der Waals surface area contributed by atoms with Crippen LogP contribution in [0, 0.1) is 0 Å². The highest BCUT2D eigenvalue weighted by Gasteiger charge is 2.31. The first-order valence-corrected chi connectivity index (χ1v) is 6.83. The Morgan fingerprint density at radius 3 is 3.16 bits per heavy atom. The van der Waals surface area contributed by atoms with Gasteiger partial charge in [-0.25, -0.2) is 4.98 Å². The summed E-state index contributed by atoms with van der Waals surface area (Å²) in [5, 5.41) is 2.79. The number of rotatable bonds is 3. The van der Waals surface area contributed by atoms with Gasteiger partial charge in [-0.05, 0) is 22.9 Å². The van der Waals surface area contributed by atoms with Gasteiger partial charge in [-0.2, -0.15) is 4.98 Å². The summed E-state index contributed by atoms with van der Waals surface area (Å²) in [4.78, 5) is 22.3. The molecule has 1 amide bonds. The quantitative estimate of drug-likeness (QED) is 0.767. The number of nitrogens with one attached hydrogen (secondary N) is 1. The van der Waals surface area contributed by atoms with E-state index in [2.05, 4.69) is 31.2 Å². The molecule has 7 nitrogen and oxygen atoms in total. The lowest BCUT2D eigenvalue weighted by Crippen LogP contribution is -2.54. The lowest BCUT2D eigenvalue weighted by atomic mass is 10.2. The molecule has 1 aliphatic rings. The molecule has 3 N–H and O–H groups in total. The first kappa shape index (κ1) is 14.0. The zero-order valence-electron chi connectivity index (χ0n) is 10.6. The van der Waals surface area contributed by atoms with Gasteiger partial charge in [-0.1, -0.05) is 0 Å². The predicted molar refractivity (Wildman–Crippen MR) is 74.8 cm³/mol. The van der Waals surface area contributed by atoms with Crippen molar-refractivity contribution in [1.29, 1.82) is 0 Å². The summed E-state index contributed by atoms with van der Waals surface area (Å²) in [6.45, 7) is 3.86. The lowest BCUT2D eigenvalue weighted by molar-refractivity contribution is -0.124. The molecule has 8 heteroatoms. The van der Waals surface area contributed by atoms with E-state index in [1.54, 1.807) is 6.07 Å². The molecule has 0 radical (unpaired) electrons. The molecule has 0 saturated carbocycles. The number of nitrogen functional groups attached to an aromatic ring is 1. The normalized spacial score (nSPS) is 19.3. The van der Waals surface area contributed by atoms with Gasteiger partial charge in [-0.3, -0.25) is 4.79 Å². The van der Waals surface area contributed by atoms with Gasteiger partial charge in [0.05, 0.1) is 13.2 Å². The van der Waals surface area contributed by atoms with Crippen LogP contribution >= 0.6 is 15.9 Å². The van der Waals surface area contributed by atoms with Crippen molar-refractivity contribution in [3.63, 3.8) is 0 Å². The van der Waals surface area contributed by atoms with Gasteiger partial charge in [0.2, 0.25) is 11.9 Å². The number of halogens is 1. The Balaban J connectivity index is 2.25. The molecule has 1 atom stereocenters. The second-order valence-corrected chi connectivity index (χ2v) is 4.91. The summed E-state index contributed by atoms with van der Waals surface area (Å²) in [5.41, 5.74) is 5.71. The number of hydrogen-bond donors (Lipinski definition) is 2. The molecule has 1 aromatic rings. The monoisotopic (exact) mass is 329 g/mol. The Morgan fingerprint density at radius 1 is 1.68 bits per heavy atom. The number of nitrogens with two attached hydrogens (primary N) is 1. The molecule has 0 bridgehead atoms. The van der Waals surface area contributed by atoms with Crippen molar-refractivity contribution in [2.45, 2.75) is 13.0 Å². The molecule has 0 aromatic carbocycles. The van der Waals surface area contributed by atoms with E-state index >= 15 is 0 Å². The molecular weight excluding hydrogens is 314 g/mol. The van der Waals surface area contributed by atoms with E-state index in [1.165, 1.54) is 0 Å². The fourth-order valence-corrected chi connectivity index (χ4v) is 2.30. The van der Waals surface area contributed by atoms with Crippen LogP contribution in [0.25, 0.3) is 0 Å². The Morgan fingerprint density at radius 2 is 2.47 bits per heavy atom. The highest BCUT2D eigenvalue weighted by atomic mass is 79.9. The minimum absolute atomic E-state index is 0.0932. The number of hydrogen-bond acceptors (Lipinski definition) is 6. The van der Waals surface area contributed by atoms with E-state index in [-0.39, 0.29) is 5.91 Å². The Hall–Kier alpha value is -1.41. The minimum Gasteiger partial charge on any atom is -0.383 e. The zero-order chi connectivity index (χ0) is 13.8. The molecule has 2 rings (SSSR count). The molecule has 2 heterocycles. The summed E-state index contributed by atoms with van der Waals surface area (Å²) >= 11 is 3.28. The average Bonchev–Trinajstić information content (AvgIpc) is 2.38. The molecule has 0 spiro atoms. The maximum atomic E-state index is 12.0. The standard InChI is InChI=1S/C11H16BrN5O2/c1-2-14-10(18)7-6-19-4-3-17(7)11-15-8(12)5-9(13)16-11/h5,7H,2-4,6H2,1H3,(H,14,18)(H2,13,15,16). The van der Waals surface area contributed by atoms with E-state index in [4.69, 9.17) is 10.5 Å². The van der Waals surface area contributed by atoms with Crippen molar-refractivity contribution < 1.29 is 9.53 Å². The first-order valence-electron chi connectivity index (χ1n) is 6.04. The minimum atomic E-state index is -0.428. The van der Waals surface area contributed by atoms with Gasteiger partial charge in [0.1, 0.15) is 16.5 Å². The van der Waals surface area contributed by atoms with Crippen molar-refractivity contribution in [2.75, 3.05) is 36.9 Å². The molecule has 0 aliphatic carbocycles. The topological polar surface area (TPSA) is 93.4 Å². The number of carbonyl (C=O) groups is 1. The molecule has 1 aromatic heterocycles. The van der Waals surface area contributed by atoms with E-state index in [1.807, 2.05) is 11.8 Å². The summed E-state index contributed by atoms with van der Waals surface area (Å²) in [6, 6.07) is 1.19. The van der Waals surface area contributed by atoms with Gasteiger partial charge in [0.15, 0.2) is 0 Å². The Labute approximate surface area is 119 Å². The molecule has 1 saturated heterocycles. The summed E-state index contributed by atoms with van der Waals surface area (Å²) in [5.74, 6) is 0.703. The Kier molecular flexibility index (Phi) is 4.54. The van der Waals surface area contributed by atoms with Crippen LogP contribution in [0.2, 0.25) is 0 Å². The van der Waals surface area contributed by atoms with E-state index in [0.29, 0.717) is 42.7 Å². The highest BCUT2D eigenvalue weighted by molar-refractivity contribution is 9.10. The van der Waals surface area contributed by atoms with Crippen LogP contribution in [-0.4, -0.2) is 48.2 Å². The summed E-state index contributed by atoms with van der Waals surface area (Å²) < 4.78 is 5.95. The molecule has 104 valence electrons. The number of ether oxygens (including phenoxy) is 1. The number of nitrogens with zero attached hydrogens (tertiary/aromatic N) is 3. The molecular formula is C11H16BrN5O2. The number of morpholine rings is 1. The highest BCUT2D eigenvalue weighted by Crippen LogP contribution is 2.19. The molecule has 1 fully saturated rings. The number of anilines is 2. The van der Waals surface area contributed by atoms with Crippen molar-refractivity contribution in [2.24, 2.45) is 0 Å². The van der Waals surface area contributed by atoms with E-state index in [0.717, 1.165) is 0 Å². The molecule has 1 unspecified atom stereocenters. The van der Waals surface area contributed by atoms with Crippen molar-refractivity contribution in [3.8, 4) is 0 Å². The van der Waals surface area contributed by atoms with Crippen LogP contribution < -0.4 is 16.0 Å². The third-order valence-electron chi connectivity index (χ3n) is 2.74. The second-order valence-electron chi connectivity index (χ2n) is 4.09. The molecule has 1 aliphatic heterocycles. The largest absolute Gasteiger partial charge is 0.383 e. The predicted octanol–water partition coefficient (Wildman–Crippen LogP) is 0.163. The fourth-order valence-electron chi connectivity index (χ4n) is 1.90. The third-order valence-corrected chi connectivity index (χ3v) is 3.15. The summed E-state index contributed by atoms with van der Waals surface area (Å²) in [6.07, 6.45) is 0. The lowest BCUT2D eigenvalue weighted by Gasteiger charge is -2.34. The number of amides is 1. The second kappa shape index (κ2) is 6.16. The van der Waals surface area contributed by atoms with Gasteiger partial charge in [0.25, 0.3) is 0 Å². The van der Waals surface area contributed by atoms with E-state index < -0.39 is 6.04 Å².